The zero-order valence-corrected chi connectivity index (χ0v) is 9.21. The number of nitrogens with one attached hydrogen (secondary N) is 2. The number of hydrogen-bond donors (Lipinski definition) is 2. The third-order valence-electron chi connectivity index (χ3n) is 2.49. The minimum Gasteiger partial charge on any atom is -0.351 e. The van der Waals surface area contributed by atoms with Crippen molar-refractivity contribution in [3.63, 3.8) is 0 Å². The summed E-state index contributed by atoms with van der Waals surface area (Å²) in [6, 6.07) is 1.93. The molecule has 3 rings (SSSR count). The Bertz CT molecular complexity index is 654. The van der Waals surface area contributed by atoms with Gasteiger partial charge in [0.25, 0.3) is 0 Å². The van der Waals surface area contributed by atoms with Crippen LogP contribution in [0.3, 0.4) is 0 Å². The number of fused-ring (bicyclic) bond motifs is 1. The Morgan fingerprint density at radius 1 is 1.31 bits per heavy atom. The van der Waals surface area contributed by atoms with Gasteiger partial charge in [0.15, 0.2) is 5.15 Å². The molecule has 80 valence electrons. The summed E-state index contributed by atoms with van der Waals surface area (Å²) in [6.45, 7) is 1.94. The molecule has 0 aromatic carbocycles. The summed E-state index contributed by atoms with van der Waals surface area (Å²) in [7, 11) is 0. The van der Waals surface area contributed by atoms with Crippen molar-refractivity contribution in [2.45, 2.75) is 6.92 Å². The number of hydrogen-bond acceptors (Lipinski definition) is 3. The highest BCUT2D eigenvalue weighted by Crippen LogP contribution is 2.26. The zero-order chi connectivity index (χ0) is 11.1. The van der Waals surface area contributed by atoms with Gasteiger partial charge in [-0.1, -0.05) is 11.6 Å². The van der Waals surface area contributed by atoms with Gasteiger partial charge in [0, 0.05) is 11.8 Å². The standard InChI is InChI=1S/C10H8ClN5/c1-5-6(3-14-16-5)7-2-8-9(15-7)10(11)13-4-12-8/h2-4,15H,1H3,(H,14,16). The molecular weight excluding hydrogens is 226 g/mol. The van der Waals surface area contributed by atoms with Crippen LogP contribution in [-0.2, 0) is 0 Å². The molecule has 3 aromatic rings. The lowest BCUT2D eigenvalue weighted by Crippen LogP contribution is -1.80. The van der Waals surface area contributed by atoms with Crippen molar-refractivity contribution in [1.82, 2.24) is 25.1 Å². The van der Waals surface area contributed by atoms with Gasteiger partial charge in [-0.3, -0.25) is 5.10 Å². The average molecular weight is 234 g/mol. The molecule has 5 nitrogen and oxygen atoms in total. The van der Waals surface area contributed by atoms with Crippen LogP contribution in [-0.4, -0.2) is 25.1 Å². The van der Waals surface area contributed by atoms with E-state index in [9.17, 15) is 0 Å². The molecule has 0 saturated heterocycles. The van der Waals surface area contributed by atoms with Crippen LogP contribution >= 0.6 is 11.6 Å². The monoisotopic (exact) mass is 233 g/mol. The molecule has 0 atom stereocenters. The number of H-pyrrole nitrogens is 2. The van der Waals surface area contributed by atoms with Crippen LogP contribution < -0.4 is 0 Å². The Hall–Kier alpha value is -1.88. The first-order valence-corrected chi connectivity index (χ1v) is 5.13. The second-order valence-electron chi connectivity index (χ2n) is 3.49. The summed E-state index contributed by atoms with van der Waals surface area (Å²) in [5, 5.41) is 7.32. The van der Waals surface area contributed by atoms with Gasteiger partial charge in [-0.05, 0) is 13.0 Å². The maximum Gasteiger partial charge on any atom is 0.156 e. The molecule has 0 saturated carbocycles. The largest absolute Gasteiger partial charge is 0.351 e. The van der Waals surface area contributed by atoms with Crippen LogP contribution in [0, 0.1) is 6.92 Å². The summed E-state index contributed by atoms with van der Waals surface area (Å²) in [6.07, 6.45) is 3.28. The molecule has 0 unspecified atom stereocenters. The van der Waals surface area contributed by atoms with Crippen molar-refractivity contribution < 1.29 is 0 Å². The van der Waals surface area contributed by atoms with E-state index in [1.165, 1.54) is 6.33 Å². The van der Waals surface area contributed by atoms with Gasteiger partial charge < -0.3 is 4.98 Å². The lowest BCUT2D eigenvalue weighted by atomic mass is 10.2. The predicted molar refractivity (Wildman–Crippen MR) is 61.2 cm³/mol. The number of aromatic nitrogens is 5. The highest BCUT2D eigenvalue weighted by atomic mass is 35.5. The molecule has 0 amide bonds. The van der Waals surface area contributed by atoms with E-state index < -0.39 is 0 Å². The molecule has 0 aliphatic carbocycles. The molecule has 6 heteroatoms. The normalized spacial score (nSPS) is 11.1. The quantitative estimate of drug-likeness (QED) is 0.634. The predicted octanol–water partition coefficient (Wildman–Crippen LogP) is 2.31. The second-order valence-corrected chi connectivity index (χ2v) is 3.85. The van der Waals surface area contributed by atoms with E-state index in [4.69, 9.17) is 11.6 Å². The van der Waals surface area contributed by atoms with Crippen molar-refractivity contribution in [1.29, 1.82) is 0 Å². The van der Waals surface area contributed by atoms with Gasteiger partial charge in [-0.25, -0.2) is 9.97 Å². The van der Waals surface area contributed by atoms with E-state index in [0.29, 0.717) is 5.15 Å². The van der Waals surface area contributed by atoms with Gasteiger partial charge >= 0.3 is 0 Å². The van der Waals surface area contributed by atoms with Crippen molar-refractivity contribution in [2.24, 2.45) is 0 Å². The third-order valence-corrected chi connectivity index (χ3v) is 2.78. The molecule has 3 heterocycles. The van der Waals surface area contributed by atoms with Crippen LogP contribution in [0.25, 0.3) is 22.3 Å². The van der Waals surface area contributed by atoms with Gasteiger partial charge in [0.2, 0.25) is 0 Å². The van der Waals surface area contributed by atoms with Crippen molar-refractivity contribution >= 4 is 22.6 Å². The summed E-state index contributed by atoms with van der Waals surface area (Å²) in [4.78, 5) is 11.3. The first-order chi connectivity index (χ1) is 7.75. The Morgan fingerprint density at radius 2 is 2.19 bits per heavy atom. The van der Waals surface area contributed by atoms with Crippen LogP contribution in [0.1, 0.15) is 5.69 Å². The maximum absolute atomic E-state index is 5.97. The average Bonchev–Trinajstić information content (AvgIpc) is 2.84. The molecule has 16 heavy (non-hydrogen) atoms. The van der Waals surface area contributed by atoms with Crippen LogP contribution in [0.2, 0.25) is 5.15 Å². The topological polar surface area (TPSA) is 70.2 Å². The van der Waals surface area contributed by atoms with Crippen LogP contribution in [0.15, 0.2) is 18.6 Å². The van der Waals surface area contributed by atoms with Crippen molar-refractivity contribution in [2.75, 3.05) is 0 Å². The lowest BCUT2D eigenvalue weighted by molar-refractivity contribution is 1.05. The highest BCUT2D eigenvalue weighted by Gasteiger charge is 2.10. The Kier molecular flexibility index (Phi) is 1.94. The summed E-state index contributed by atoms with van der Waals surface area (Å²) < 4.78 is 0. The van der Waals surface area contributed by atoms with E-state index in [1.807, 2.05) is 19.2 Å². The maximum atomic E-state index is 5.97. The third kappa shape index (κ3) is 1.29. The molecule has 3 aromatic heterocycles. The SMILES string of the molecule is Cc1n[nH]cc1-c1cc2ncnc(Cl)c2[nH]1. The van der Waals surface area contributed by atoms with E-state index in [-0.39, 0.29) is 0 Å². The summed E-state index contributed by atoms with van der Waals surface area (Å²) in [5.41, 5.74) is 4.42. The van der Waals surface area contributed by atoms with Crippen molar-refractivity contribution in [3.05, 3.63) is 29.4 Å². The number of nitrogens with zero attached hydrogens (tertiary/aromatic N) is 3. The molecule has 0 fully saturated rings. The van der Waals surface area contributed by atoms with Gasteiger partial charge in [0.1, 0.15) is 11.8 Å². The fraction of sp³-hybridized carbons (Fsp3) is 0.100. The van der Waals surface area contributed by atoms with E-state index >= 15 is 0 Å². The minimum absolute atomic E-state index is 0.428. The van der Waals surface area contributed by atoms with Gasteiger partial charge in [0.05, 0.1) is 16.9 Å². The smallest absolute Gasteiger partial charge is 0.156 e. The van der Waals surface area contributed by atoms with E-state index in [1.54, 1.807) is 0 Å². The fourth-order valence-electron chi connectivity index (χ4n) is 1.69. The Labute approximate surface area is 95.9 Å². The molecule has 0 aliphatic heterocycles. The summed E-state index contributed by atoms with van der Waals surface area (Å²) >= 11 is 5.97. The Morgan fingerprint density at radius 3 is 2.88 bits per heavy atom. The van der Waals surface area contributed by atoms with E-state index in [0.717, 1.165) is 28.0 Å². The molecular formula is C10H8ClN5. The first kappa shape index (κ1) is 9.35. The molecule has 0 bridgehead atoms. The zero-order valence-electron chi connectivity index (χ0n) is 8.45. The number of rotatable bonds is 1. The second kappa shape index (κ2) is 3.31. The molecule has 0 radical (unpaired) electrons. The minimum atomic E-state index is 0.428. The highest BCUT2D eigenvalue weighted by molar-refractivity contribution is 6.33. The number of aromatic amines is 2. The van der Waals surface area contributed by atoms with Gasteiger partial charge in [-0.15, -0.1) is 0 Å². The lowest BCUT2D eigenvalue weighted by Gasteiger charge is -1.92. The number of aryl methyl sites for hydroxylation is 1. The van der Waals surface area contributed by atoms with Crippen molar-refractivity contribution in [3.8, 4) is 11.3 Å². The Balaban J connectivity index is 2.27. The van der Waals surface area contributed by atoms with Crippen LogP contribution in [0.5, 0.6) is 0 Å². The number of halogens is 1. The molecule has 0 aliphatic rings. The van der Waals surface area contributed by atoms with E-state index in [2.05, 4.69) is 25.1 Å². The molecule has 2 N–H and O–H groups in total. The van der Waals surface area contributed by atoms with Gasteiger partial charge in [-0.2, -0.15) is 5.10 Å². The first-order valence-electron chi connectivity index (χ1n) is 4.75. The fourth-order valence-corrected chi connectivity index (χ4v) is 1.87. The summed E-state index contributed by atoms with van der Waals surface area (Å²) in [5.74, 6) is 0. The molecule has 0 spiro atoms. The van der Waals surface area contributed by atoms with Crippen LogP contribution in [0.4, 0.5) is 0 Å².